The van der Waals surface area contributed by atoms with Gasteiger partial charge in [-0.25, -0.2) is 0 Å². The summed E-state index contributed by atoms with van der Waals surface area (Å²) in [6, 6.07) is 0.526. The lowest BCUT2D eigenvalue weighted by molar-refractivity contribution is -0.126. The summed E-state index contributed by atoms with van der Waals surface area (Å²) >= 11 is 4.97. The zero-order valence-electron chi connectivity index (χ0n) is 12.2. The molecule has 106 valence electrons. The number of carbonyl (C=O) groups excluding carboxylic acids is 1. The molecule has 3 N–H and O–H groups in total. The van der Waals surface area contributed by atoms with Crippen LogP contribution in [-0.4, -0.2) is 42.0 Å². The fourth-order valence-corrected chi connectivity index (χ4v) is 1.67. The van der Waals surface area contributed by atoms with Crippen LogP contribution in [0, 0.1) is 5.41 Å². The number of hydrogen-bond donors (Lipinski definition) is 2. The van der Waals surface area contributed by atoms with Crippen LogP contribution < -0.4 is 11.1 Å². The summed E-state index contributed by atoms with van der Waals surface area (Å²) in [5.74, 6) is -0.0651. The number of nitrogens with one attached hydrogen (secondary N) is 1. The van der Waals surface area contributed by atoms with E-state index in [1.807, 2.05) is 6.92 Å². The van der Waals surface area contributed by atoms with E-state index in [1.54, 1.807) is 6.92 Å². The van der Waals surface area contributed by atoms with Gasteiger partial charge in [-0.15, -0.1) is 0 Å². The number of nitrogens with zero attached hydrogens (tertiary/aromatic N) is 1. The molecule has 0 fully saturated rings. The molecule has 0 aromatic heterocycles. The van der Waals surface area contributed by atoms with Crippen LogP contribution >= 0.6 is 12.2 Å². The number of hydrogen-bond acceptors (Lipinski definition) is 3. The van der Waals surface area contributed by atoms with Crippen molar-refractivity contribution in [1.29, 1.82) is 0 Å². The van der Waals surface area contributed by atoms with E-state index in [-0.39, 0.29) is 10.9 Å². The molecule has 18 heavy (non-hydrogen) atoms. The van der Waals surface area contributed by atoms with Crippen molar-refractivity contribution >= 4 is 23.1 Å². The highest BCUT2D eigenvalue weighted by molar-refractivity contribution is 7.80. The third kappa shape index (κ3) is 4.90. The Morgan fingerprint density at radius 1 is 1.50 bits per heavy atom. The van der Waals surface area contributed by atoms with E-state index in [9.17, 15) is 4.79 Å². The fourth-order valence-electron chi connectivity index (χ4n) is 1.43. The summed E-state index contributed by atoms with van der Waals surface area (Å²) in [6.07, 6.45) is 1.55. The van der Waals surface area contributed by atoms with Gasteiger partial charge >= 0.3 is 0 Å². The summed E-state index contributed by atoms with van der Waals surface area (Å²) in [5, 5.41) is 2.92. The van der Waals surface area contributed by atoms with E-state index in [4.69, 9.17) is 18.0 Å². The summed E-state index contributed by atoms with van der Waals surface area (Å²) in [4.78, 5) is 14.5. The van der Waals surface area contributed by atoms with Gasteiger partial charge in [0, 0.05) is 12.6 Å². The molecule has 1 unspecified atom stereocenters. The second-order valence-corrected chi connectivity index (χ2v) is 5.67. The molecule has 5 heteroatoms. The minimum absolute atomic E-state index is 0.0651. The number of thiocarbonyl (C=S) groups is 1. The molecule has 0 aliphatic heterocycles. The predicted octanol–water partition coefficient (Wildman–Crippen LogP) is 1.54. The first-order valence-corrected chi connectivity index (χ1v) is 6.95. The molecule has 0 saturated heterocycles. The van der Waals surface area contributed by atoms with Gasteiger partial charge in [-0.2, -0.15) is 0 Å². The maximum absolute atomic E-state index is 12.0. The first-order chi connectivity index (χ1) is 8.25. The lowest BCUT2D eigenvalue weighted by atomic mass is 9.86. The molecule has 0 aromatic rings. The van der Waals surface area contributed by atoms with Crippen LogP contribution in [0.2, 0.25) is 0 Å². The van der Waals surface area contributed by atoms with E-state index in [0.717, 1.165) is 13.0 Å². The van der Waals surface area contributed by atoms with Gasteiger partial charge in [0.05, 0.1) is 10.4 Å². The Morgan fingerprint density at radius 2 is 2.06 bits per heavy atom. The van der Waals surface area contributed by atoms with Gasteiger partial charge in [-0.3, -0.25) is 4.79 Å². The molecule has 1 atom stereocenters. The van der Waals surface area contributed by atoms with Gasteiger partial charge in [-0.05, 0) is 47.2 Å². The van der Waals surface area contributed by atoms with Crippen LogP contribution in [0.3, 0.4) is 0 Å². The van der Waals surface area contributed by atoms with Crippen molar-refractivity contribution in [2.75, 3.05) is 20.1 Å². The quantitative estimate of drug-likeness (QED) is 0.520. The minimum Gasteiger partial charge on any atom is -0.392 e. The van der Waals surface area contributed by atoms with Crippen LogP contribution in [-0.2, 0) is 4.79 Å². The predicted molar refractivity (Wildman–Crippen MR) is 80.6 cm³/mol. The lowest BCUT2D eigenvalue weighted by Crippen LogP contribution is -2.47. The molecule has 0 saturated carbocycles. The number of carbonyl (C=O) groups is 1. The Bertz CT molecular complexity index is 294. The van der Waals surface area contributed by atoms with Crippen molar-refractivity contribution in [1.82, 2.24) is 10.2 Å². The monoisotopic (exact) mass is 273 g/mol. The van der Waals surface area contributed by atoms with Crippen molar-refractivity contribution in [2.24, 2.45) is 11.1 Å². The topological polar surface area (TPSA) is 58.4 Å². The number of rotatable bonds is 8. The Kier molecular flexibility index (Phi) is 7.40. The van der Waals surface area contributed by atoms with Gasteiger partial charge in [0.1, 0.15) is 0 Å². The van der Waals surface area contributed by atoms with Crippen molar-refractivity contribution in [3.05, 3.63) is 0 Å². The minimum atomic E-state index is -0.723. The smallest absolute Gasteiger partial charge is 0.232 e. The van der Waals surface area contributed by atoms with Gasteiger partial charge in [0.15, 0.2) is 0 Å². The maximum Gasteiger partial charge on any atom is 0.232 e. The van der Waals surface area contributed by atoms with Gasteiger partial charge in [-0.1, -0.05) is 19.1 Å². The molecule has 0 rings (SSSR count). The largest absolute Gasteiger partial charge is 0.392 e. The second-order valence-electron chi connectivity index (χ2n) is 5.23. The highest BCUT2D eigenvalue weighted by Crippen LogP contribution is 2.21. The fraction of sp³-hybridized carbons (Fsp3) is 0.846. The zero-order chi connectivity index (χ0) is 14.3. The number of amides is 1. The summed E-state index contributed by atoms with van der Waals surface area (Å²) in [7, 11) is 2.08. The molecule has 0 bridgehead atoms. The molecule has 1 amide bonds. The van der Waals surface area contributed by atoms with Crippen LogP contribution in [0.4, 0.5) is 0 Å². The molecule has 0 aromatic carbocycles. The maximum atomic E-state index is 12.0. The number of nitrogens with two attached hydrogens (primary N) is 1. The molecule has 0 heterocycles. The third-order valence-electron chi connectivity index (χ3n) is 3.61. The van der Waals surface area contributed by atoms with E-state index < -0.39 is 5.41 Å². The second kappa shape index (κ2) is 7.69. The van der Waals surface area contributed by atoms with Crippen LogP contribution in [0.1, 0.15) is 40.5 Å². The third-order valence-corrected chi connectivity index (χ3v) is 4.06. The van der Waals surface area contributed by atoms with Crippen molar-refractivity contribution < 1.29 is 4.79 Å². The molecular weight excluding hydrogens is 246 g/mol. The molecular formula is C13H27N3OS. The Balaban J connectivity index is 4.08. The van der Waals surface area contributed by atoms with Crippen LogP contribution in [0.15, 0.2) is 0 Å². The highest BCUT2D eigenvalue weighted by Gasteiger charge is 2.34. The van der Waals surface area contributed by atoms with E-state index >= 15 is 0 Å². The summed E-state index contributed by atoms with van der Waals surface area (Å²) < 4.78 is 0. The summed E-state index contributed by atoms with van der Waals surface area (Å²) in [6.45, 7) is 9.65. The van der Waals surface area contributed by atoms with E-state index in [1.165, 1.54) is 0 Å². The average Bonchev–Trinajstić information content (AvgIpc) is 2.32. The van der Waals surface area contributed by atoms with E-state index in [2.05, 4.69) is 31.1 Å². The Labute approximate surface area is 116 Å². The van der Waals surface area contributed by atoms with E-state index in [0.29, 0.717) is 19.0 Å². The van der Waals surface area contributed by atoms with Crippen molar-refractivity contribution in [2.45, 2.75) is 46.6 Å². The Hall–Kier alpha value is -0.680. The zero-order valence-corrected chi connectivity index (χ0v) is 13.1. The standard InChI is InChI=1S/C13H27N3OS/c1-6-13(4,11(14)18)12(17)15-8-7-9-16(5)10(2)3/h10H,6-9H2,1-5H3,(H2,14,18)(H,15,17). The summed E-state index contributed by atoms with van der Waals surface area (Å²) in [5.41, 5.74) is 4.91. The van der Waals surface area contributed by atoms with Crippen LogP contribution in [0.5, 0.6) is 0 Å². The van der Waals surface area contributed by atoms with Gasteiger partial charge in [0.25, 0.3) is 0 Å². The molecule has 0 radical (unpaired) electrons. The molecule has 0 spiro atoms. The van der Waals surface area contributed by atoms with Crippen molar-refractivity contribution in [3.63, 3.8) is 0 Å². The van der Waals surface area contributed by atoms with Gasteiger partial charge in [0.2, 0.25) is 5.91 Å². The van der Waals surface area contributed by atoms with Crippen molar-refractivity contribution in [3.8, 4) is 0 Å². The average molecular weight is 273 g/mol. The molecule has 0 aliphatic rings. The highest BCUT2D eigenvalue weighted by atomic mass is 32.1. The SMILES string of the molecule is CCC(C)(C(=O)NCCCN(C)C(C)C)C(N)=S. The Morgan fingerprint density at radius 3 is 2.44 bits per heavy atom. The lowest BCUT2D eigenvalue weighted by Gasteiger charge is -2.26. The van der Waals surface area contributed by atoms with Crippen LogP contribution in [0.25, 0.3) is 0 Å². The first kappa shape index (κ1) is 17.3. The molecule has 0 aliphatic carbocycles. The normalized spacial score (nSPS) is 14.6. The first-order valence-electron chi connectivity index (χ1n) is 6.54. The molecule has 4 nitrogen and oxygen atoms in total. The van der Waals surface area contributed by atoms with Gasteiger partial charge < -0.3 is 16.0 Å².